The molecule has 5 rings (SSSR count). The quantitative estimate of drug-likeness (QED) is 0.0552. The van der Waals surface area contributed by atoms with Gasteiger partial charge in [-0.15, -0.1) is 40.1 Å². The van der Waals surface area contributed by atoms with Gasteiger partial charge in [-0.25, -0.2) is 4.98 Å². The number of allylic oxidation sites excluding steroid dienone is 2. The van der Waals surface area contributed by atoms with Crippen molar-refractivity contribution in [3.63, 3.8) is 0 Å². The number of aliphatic hydroxyl groups excluding tert-OH is 1. The van der Waals surface area contributed by atoms with Crippen LogP contribution >= 0.6 is 11.3 Å². The monoisotopic (exact) mass is 999 g/mol. The molecule has 0 bridgehead atoms. The van der Waals surface area contributed by atoms with Crippen molar-refractivity contribution >= 4 is 61.5 Å². The number of thiophene rings is 1. The summed E-state index contributed by atoms with van der Waals surface area (Å²) in [5.74, 6) is 1.63. The van der Waals surface area contributed by atoms with Crippen molar-refractivity contribution in [3.8, 4) is 11.3 Å². The number of fused-ring (bicyclic) bond motifs is 4. The Morgan fingerprint density at radius 3 is 1.86 bits per heavy atom. The van der Waals surface area contributed by atoms with Crippen LogP contribution in [0.25, 0.3) is 42.3 Å². The van der Waals surface area contributed by atoms with E-state index in [0.29, 0.717) is 40.3 Å². The van der Waals surface area contributed by atoms with Crippen LogP contribution in [0, 0.1) is 47.0 Å². The van der Waals surface area contributed by atoms with Crippen molar-refractivity contribution in [2.24, 2.45) is 40.9 Å². The number of aliphatic hydroxyl groups is 1. The van der Waals surface area contributed by atoms with Crippen LogP contribution in [0.5, 0.6) is 0 Å². The minimum absolute atomic E-state index is 0. The van der Waals surface area contributed by atoms with E-state index in [1.54, 1.807) is 11.3 Å². The number of benzene rings is 3. The number of hydrogen-bond acceptors (Lipinski definition) is 5. The molecule has 1 N–H and O–H groups in total. The molecule has 0 saturated carbocycles. The van der Waals surface area contributed by atoms with Crippen molar-refractivity contribution in [2.45, 2.75) is 141 Å². The smallest absolute Gasteiger partial charge is 0.162 e. The third-order valence-corrected chi connectivity index (χ3v) is 20.4. The zero-order valence-electron chi connectivity index (χ0n) is 39.6. The van der Waals surface area contributed by atoms with E-state index in [2.05, 4.69) is 177 Å². The summed E-state index contributed by atoms with van der Waals surface area (Å²) in [5.41, 5.74) is 6.02. The summed E-state index contributed by atoms with van der Waals surface area (Å²) < 4.78 is 10.8. The van der Waals surface area contributed by atoms with Gasteiger partial charge in [-0.05, 0) is 63.8 Å². The van der Waals surface area contributed by atoms with Crippen LogP contribution < -0.4 is 5.19 Å². The van der Waals surface area contributed by atoms with Gasteiger partial charge in [-0.3, -0.25) is 9.78 Å². The van der Waals surface area contributed by atoms with Gasteiger partial charge in [0.05, 0.1) is 19.3 Å². The molecule has 7 heteroatoms. The van der Waals surface area contributed by atoms with Gasteiger partial charge in [-0.1, -0.05) is 159 Å². The number of hydrogen-bond donors (Lipinski definition) is 1. The fourth-order valence-electron chi connectivity index (χ4n) is 10.3. The van der Waals surface area contributed by atoms with Gasteiger partial charge >= 0.3 is 0 Å². The van der Waals surface area contributed by atoms with Gasteiger partial charge < -0.3 is 5.11 Å². The Morgan fingerprint density at radius 2 is 1.34 bits per heavy atom. The first-order chi connectivity index (χ1) is 26.9. The molecule has 0 spiro atoms. The van der Waals surface area contributed by atoms with Crippen molar-refractivity contribution in [3.05, 3.63) is 78.3 Å². The molecule has 5 aromatic rings. The van der Waals surface area contributed by atoms with Gasteiger partial charge in [0, 0.05) is 58.5 Å². The molecule has 3 aromatic carbocycles. The number of carbonyl (C=O) groups is 1. The number of ketones is 1. The minimum atomic E-state index is -1.98. The van der Waals surface area contributed by atoms with E-state index in [4.69, 9.17) is 6.35 Å². The van der Waals surface area contributed by atoms with Crippen molar-refractivity contribution < 1.29 is 31.4 Å². The average molecular weight is 1000 g/mol. The van der Waals surface area contributed by atoms with Gasteiger partial charge in [0.1, 0.15) is 7.67 Å². The van der Waals surface area contributed by atoms with Crippen LogP contribution in [0.2, 0.25) is 16.6 Å². The van der Waals surface area contributed by atoms with Gasteiger partial charge in [0.15, 0.2) is 5.78 Å². The normalized spacial score (nSPS) is 13.3. The second kappa shape index (κ2) is 20.2. The maximum Gasteiger partial charge on any atom is 0.162 e. The topological polar surface area (TPSA) is 63.1 Å². The Kier molecular flexibility index (Phi) is 16.7. The Balaban J connectivity index is 0.000000396. The van der Waals surface area contributed by atoms with Crippen LogP contribution in [0.15, 0.2) is 66.7 Å². The third-order valence-electron chi connectivity index (χ3n) is 12.2. The third kappa shape index (κ3) is 10.8. The maximum atomic E-state index is 12.3. The van der Waals surface area contributed by atoms with E-state index in [9.17, 15) is 9.90 Å². The first kappa shape index (κ1) is 48.0. The van der Waals surface area contributed by atoms with E-state index in [0.717, 1.165) is 38.7 Å². The number of nitrogens with zero attached hydrogens (tertiary/aromatic N) is 2. The second-order valence-electron chi connectivity index (χ2n) is 20.1. The molecular formula is C51H73IrN2O2SSi-. The predicted octanol–water partition coefficient (Wildman–Crippen LogP) is 14.8. The van der Waals surface area contributed by atoms with Crippen molar-refractivity contribution in [1.82, 2.24) is 9.97 Å². The summed E-state index contributed by atoms with van der Waals surface area (Å²) in [6.07, 6.45) is 2.57. The molecule has 0 saturated heterocycles. The van der Waals surface area contributed by atoms with E-state index in [1.165, 1.54) is 26.9 Å². The molecule has 0 aliphatic heterocycles. The van der Waals surface area contributed by atoms with Gasteiger partial charge in [-0.2, -0.15) is 0 Å². The van der Waals surface area contributed by atoms with E-state index in [-0.39, 0.29) is 55.2 Å². The van der Waals surface area contributed by atoms with E-state index in [1.807, 2.05) is 0 Å². The zero-order chi connectivity index (χ0) is 43.6. The van der Waals surface area contributed by atoms with Crippen LogP contribution in [-0.2, 0) is 31.3 Å². The summed E-state index contributed by atoms with van der Waals surface area (Å²) in [4.78, 5) is 21.7. The molecule has 4 nitrogen and oxygen atoms in total. The largest absolute Gasteiger partial charge is 0.512 e. The minimum Gasteiger partial charge on any atom is -0.512 e. The molecule has 0 aliphatic carbocycles. The number of aromatic nitrogens is 2. The molecule has 1 radical (unpaired) electrons. The SMILES string of the molecule is CC(C)C(C(=O)/C=C(\O)C(C(C)C)C(C)C)C(C)C.[2H]c1nc(-c2[c-]c3ccccc3c([Si](C(C)C)(C(C)C)C(C)C)c2)c2sc3cc(CC(C)(C)C)ccc3c2n1.[Ir]. The molecule has 2 heterocycles. The van der Waals surface area contributed by atoms with Gasteiger partial charge in [0.25, 0.3) is 0 Å². The summed E-state index contributed by atoms with van der Waals surface area (Å²) >= 11 is 1.75. The molecule has 0 amide bonds. The standard InChI is InChI=1S/C34H41N2SSi.C17H32O2.Ir/c1-21(2)38(22(3)4,23(5)6)30-18-26(17-25-12-10-11-13-27(25)30)31-33-32(36-20-35-31)28-15-14-24(16-29(28)37-33)19-34(7,8)9;1-10(2)16(11(3)4)14(18)9-15(19)17(12(5)6)13(7)8;/h10-16,18,20-23H,19H2,1-9H3;9-13,16-18H,1-8H3;/q-1;;/b;14-9-;/i20D;;. The average Bonchev–Trinajstić information content (AvgIpc) is 3.43. The number of rotatable bonds is 13. The summed E-state index contributed by atoms with van der Waals surface area (Å²) in [7, 11) is -1.98. The van der Waals surface area contributed by atoms with Crippen LogP contribution in [0.4, 0.5) is 0 Å². The molecule has 0 unspecified atom stereocenters. The Hall–Kier alpha value is -2.70. The molecule has 319 valence electrons. The van der Waals surface area contributed by atoms with Crippen LogP contribution in [-0.4, -0.2) is 28.9 Å². The van der Waals surface area contributed by atoms with E-state index < -0.39 is 8.07 Å². The second-order valence-corrected chi connectivity index (χ2v) is 27.0. The van der Waals surface area contributed by atoms with Gasteiger partial charge in [0.2, 0.25) is 0 Å². The molecule has 0 aliphatic rings. The van der Waals surface area contributed by atoms with Crippen molar-refractivity contribution in [1.29, 1.82) is 0 Å². The predicted molar refractivity (Wildman–Crippen MR) is 253 cm³/mol. The summed E-state index contributed by atoms with van der Waals surface area (Å²) in [6, 6.07) is 21.6. The molecule has 58 heavy (non-hydrogen) atoms. The zero-order valence-corrected chi connectivity index (χ0v) is 42.8. The fourth-order valence-corrected chi connectivity index (χ4v) is 18.5. The molecule has 0 atom stereocenters. The summed E-state index contributed by atoms with van der Waals surface area (Å²) in [6.45, 7) is 38.0. The Labute approximate surface area is 371 Å². The van der Waals surface area contributed by atoms with Crippen molar-refractivity contribution in [2.75, 3.05) is 0 Å². The Morgan fingerprint density at radius 1 is 0.793 bits per heavy atom. The fraction of sp³-hybridized carbons (Fsp3) is 0.549. The van der Waals surface area contributed by atoms with Crippen LogP contribution in [0.1, 0.15) is 125 Å². The molecule has 2 aromatic heterocycles. The maximum absolute atomic E-state index is 12.3. The molecular weight excluding hydrogens is 925 g/mol. The van der Waals surface area contributed by atoms with E-state index >= 15 is 0 Å². The Bertz CT molecular complexity index is 2190. The first-order valence-electron chi connectivity index (χ1n) is 22.0. The summed E-state index contributed by atoms with van der Waals surface area (Å²) in [5, 5.41) is 15.3. The number of carbonyl (C=O) groups excluding carboxylic acids is 1. The van der Waals surface area contributed by atoms with Crippen LogP contribution in [0.3, 0.4) is 0 Å². The first-order valence-corrected chi connectivity index (χ1v) is 24.6. The molecule has 0 fully saturated rings.